The second-order valence-electron chi connectivity index (χ2n) is 5.36. The second kappa shape index (κ2) is 4.94. The molecular weight excluding hydrogens is 268 g/mol. The van der Waals surface area contributed by atoms with Crippen molar-refractivity contribution in [3.8, 4) is 0 Å². The number of nitrogens with zero attached hydrogens (tertiary/aromatic N) is 2. The van der Waals surface area contributed by atoms with E-state index in [9.17, 15) is 8.78 Å². The third-order valence-electron chi connectivity index (χ3n) is 2.82. The van der Waals surface area contributed by atoms with Gasteiger partial charge < -0.3 is 5.73 Å². The van der Waals surface area contributed by atoms with Gasteiger partial charge in [0.1, 0.15) is 0 Å². The van der Waals surface area contributed by atoms with Crippen LogP contribution in [0.5, 0.6) is 0 Å². The van der Waals surface area contributed by atoms with Gasteiger partial charge in [-0.2, -0.15) is 0 Å². The molecule has 1 unspecified atom stereocenters. The lowest BCUT2D eigenvalue weighted by atomic mass is 9.89. The first-order valence-corrected chi connectivity index (χ1v) is 6.62. The normalized spacial score (nSPS) is 13.6. The topological polar surface area (TPSA) is 51.8 Å². The summed E-state index contributed by atoms with van der Waals surface area (Å²) in [7, 11) is 0. The molecule has 102 valence electrons. The molecule has 6 heteroatoms. The van der Waals surface area contributed by atoms with Crippen LogP contribution in [-0.2, 0) is 5.41 Å². The van der Waals surface area contributed by atoms with E-state index in [2.05, 4.69) is 9.59 Å². The van der Waals surface area contributed by atoms with Gasteiger partial charge >= 0.3 is 0 Å². The fourth-order valence-corrected chi connectivity index (χ4v) is 2.71. The van der Waals surface area contributed by atoms with Gasteiger partial charge in [0.2, 0.25) is 0 Å². The van der Waals surface area contributed by atoms with Gasteiger partial charge in [-0.1, -0.05) is 37.4 Å². The van der Waals surface area contributed by atoms with Gasteiger partial charge in [-0.05, 0) is 17.6 Å². The highest BCUT2D eigenvalue weighted by molar-refractivity contribution is 7.05. The van der Waals surface area contributed by atoms with Gasteiger partial charge in [-0.25, -0.2) is 8.78 Å². The van der Waals surface area contributed by atoms with E-state index in [4.69, 9.17) is 5.73 Å². The monoisotopic (exact) mass is 283 g/mol. The Morgan fingerprint density at radius 1 is 1.26 bits per heavy atom. The van der Waals surface area contributed by atoms with Crippen molar-refractivity contribution in [2.75, 3.05) is 0 Å². The maximum atomic E-state index is 13.8. The van der Waals surface area contributed by atoms with E-state index in [1.807, 2.05) is 20.8 Å². The number of halogens is 2. The number of rotatable bonds is 2. The van der Waals surface area contributed by atoms with E-state index in [-0.39, 0.29) is 11.0 Å². The molecular formula is C13H15F2N3S. The van der Waals surface area contributed by atoms with E-state index in [1.165, 1.54) is 12.1 Å². The van der Waals surface area contributed by atoms with Crippen LogP contribution in [0.2, 0.25) is 0 Å². The van der Waals surface area contributed by atoms with Crippen LogP contribution < -0.4 is 5.73 Å². The lowest BCUT2D eigenvalue weighted by molar-refractivity contribution is 0.493. The average molecular weight is 283 g/mol. The number of nitrogens with two attached hydrogens (primary N) is 1. The number of hydrogen-bond donors (Lipinski definition) is 1. The molecule has 2 N–H and O–H groups in total. The molecule has 1 heterocycles. The zero-order valence-corrected chi connectivity index (χ0v) is 11.8. The predicted octanol–water partition coefficient (Wildman–Crippen LogP) is 3.16. The van der Waals surface area contributed by atoms with E-state index in [1.54, 1.807) is 0 Å². The Morgan fingerprint density at radius 3 is 2.58 bits per heavy atom. The van der Waals surface area contributed by atoms with E-state index < -0.39 is 17.7 Å². The lowest BCUT2D eigenvalue weighted by Gasteiger charge is -2.20. The molecule has 0 aliphatic carbocycles. The van der Waals surface area contributed by atoms with Crippen molar-refractivity contribution < 1.29 is 8.78 Å². The highest BCUT2D eigenvalue weighted by atomic mass is 32.1. The minimum atomic E-state index is -0.914. The molecule has 0 radical (unpaired) electrons. The molecule has 0 fully saturated rings. The van der Waals surface area contributed by atoms with Crippen molar-refractivity contribution in [3.05, 3.63) is 46.0 Å². The van der Waals surface area contributed by atoms with Crippen molar-refractivity contribution in [1.29, 1.82) is 0 Å². The summed E-state index contributed by atoms with van der Waals surface area (Å²) in [4.78, 5) is 0.664. The van der Waals surface area contributed by atoms with E-state index >= 15 is 0 Å². The molecule has 1 aromatic carbocycles. The Morgan fingerprint density at radius 2 is 1.95 bits per heavy atom. The van der Waals surface area contributed by atoms with Crippen LogP contribution in [0.1, 0.15) is 42.9 Å². The molecule has 2 rings (SSSR count). The van der Waals surface area contributed by atoms with Crippen LogP contribution in [0, 0.1) is 11.6 Å². The first-order valence-electron chi connectivity index (χ1n) is 5.84. The van der Waals surface area contributed by atoms with Crippen molar-refractivity contribution >= 4 is 11.5 Å². The Labute approximate surface area is 114 Å². The average Bonchev–Trinajstić information content (AvgIpc) is 2.80. The molecule has 0 amide bonds. The fraction of sp³-hybridized carbons (Fsp3) is 0.385. The Bertz CT molecular complexity index is 590. The fourth-order valence-electron chi connectivity index (χ4n) is 1.82. The molecule has 1 aromatic heterocycles. The Kier molecular flexibility index (Phi) is 3.64. The molecule has 19 heavy (non-hydrogen) atoms. The molecule has 0 bridgehead atoms. The SMILES string of the molecule is CC(C)(C)c1nnsc1C(N)c1cccc(F)c1F. The summed E-state index contributed by atoms with van der Waals surface area (Å²) in [5.41, 5.74) is 6.64. The van der Waals surface area contributed by atoms with Crippen molar-refractivity contribution in [1.82, 2.24) is 9.59 Å². The zero-order chi connectivity index (χ0) is 14.2. The van der Waals surface area contributed by atoms with Crippen LogP contribution in [0.3, 0.4) is 0 Å². The number of aromatic nitrogens is 2. The minimum absolute atomic E-state index is 0.122. The highest BCUT2D eigenvalue weighted by Crippen LogP contribution is 2.33. The smallest absolute Gasteiger partial charge is 0.163 e. The number of hydrogen-bond acceptors (Lipinski definition) is 4. The van der Waals surface area contributed by atoms with Crippen LogP contribution in [0.15, 0.2) is 18.2 Å². The molecule has 0 aliphatic heterocycles. The maximum absolute atomic E-state index is 13.8. The highest BCUT2D eigenvalue weighted by Gasteiger charge is 2.28. The predicted molar refractivity (Wildman–Crippen MR) is 71.0 cm³/mol. The third kappa shape index (κ3) is 2.64. The van der Waals surface area contributed by atoms with Crippen molar-refractivity contribution in [3.63, 3.8) is 0 Å². The van der Waals surface area contributed by atoms with E-state index in [0.717, 1.165) is 17.6 Å². The first-order chi connectivity index (χ1) is 8.82. The quantitative estimate of drug-likeness (QED) is 0.921. The van der Waals surface area contributed by atoms with Gasteiger partial charge in [0, 0.05) is 11.0 Å². The van der Waals surface area contributed by atoms with Gasteiger partial charge in [0.25, 0.3) is 0 Å². The van der Waals surface area contributed by atoms with Gasteiger partial charge in [-0.3, -0.25) is 0 Å². The minimum Gasteiger partial charge on any atom is -0.319 e. The summed E-state index contributed by atoms with van der Waals surface area (Å²) < 4.78 is 30.9. The summed E-state index contributed by atoms with van der Waals surface area (Å²) in [5, 5.41) is 4.06. The summed E-state index contributed by atoms with van der Waals surface area (Å²) in [6.45, 7) is 5.92. The summed E-state index contributed by atoms with van der Waals surface area (Å²) in [6.07, 6.45) is 0. The number of benzene rings is 1. The maximum Gasteiger partial charge on any atom is 0.163 e. The summed E-state index contributed by atoms with van der Waals surface area (Å²) in [5.74, 6) is -1.81. The molecule has 2 aromatic rings. The van der Waals surface area contributed by atoms with Crippen LogP contribution in [-0.4, -0.2) is 9.59 Å². The Balaban J connectivity index is 2.48. The molecule has 0 saturated heterocycles. The molecule has 0 aliphatic rings. The van der Waals surface area contributed by atoms with Crippen LogP contribution in [0.25, 0.3) is 0 Å². The summed E-state index contributed by atoms with van der Waals surface area (Å²) >= 11 is 1.12. The molecule has 1 atom stereocenters. The molecule has 0 saturated carbocycles. The lowest BCUT2D eigenvalue weighted by Crippen LogP contribution is -2.20. The zero-order valence-electron chi connectivity index (χ0n) is 10.9. The van der Waals surface area contributed by atoms with Crippen LogP contribution >= 0.6 is 11.5 Å². The molecule has 3 nitrogen and oxygen atoms in total. The second-order valence-corrected chi connectivity index (χ2v) is 6.14. The van der Waals surface area contributed by atoms with Gasteiger partial charge in [-0.15, -0.1) is 5.10 Å². The van der Waals surface area contributed by atoms with Crippen molar-refractivity contribution in [2.45, 2.75) is 32.2 Å². The largest absolute Gasteiger partial charge is 0.319 e. The third-order valence-corrected chi connectivity index (χ3v) is 3.63. The van der Waals surface area contributed by atoms with Crippen molar-refractivity contribution in [2.24, 2.45) is 5.73 Å². The first kappa shape index (κ1) is 14.0. The van der Waals surface area contributed by atoms with Gasteiger partial charge in [0.15, 0.2) is 11.6 Å². The van der Waals surface area contributed by atoms with E-state index in [0.29, 0.717) is 10.6 Å². The Hall–Kier alpha value is -1.40. The van der Waals surface area contributed by atoms with Gasteiger partial charge in [0.05, 0.1) is 16.6 Å². The van der Waals surface area contributed by atoms with Crippen LogP contribution in [0.4, 0.5) is 8.78 Å². The standard InChI is InChI=1S/C13H15F2N3S/c1-13(2,3)12-11(19-18-17-12)10(16)7-5-4-6-8(14)9(7)15/h4-6,10H,16H2,1-3H3. The molecule has 0 spiro atoms. The summed E-state index contributed by atoms with van der Waals surface area (Å²) in [6, 6.07) is 3.24.